The van der Waals surface area contributed by atoms with Crippen molar-refractivity contribution in [1.82, 2.24) is 5.32 Å². The van der Waals surface area contributed by atoms with Crippen molar-refractivity contribution in [2.75, 3.05) is 27.4 Å². The van der Waals surface area contributed by atoms with Crippen LogP contribution in [0.25, 0.3) is 6.08 Å². The first-order valence-corrected chi connectivity index (χ1v) is 5.50. The zero-order chi connectivity index (χ0) is 13.4. The Kier molecular flexibility index (Phi) is 5.73. The Morgan fingerprint density at radius 3 is 2.67 bits per heavy atom. The van der Waals surface area contributed by atoms with Crippen molar-refractivity contribution in [1.29, 1.82) is 0 Å². The van der Waals surface area contributed by atoms with E-state index in [2.05, 4.69) is 5.32 Å². The maximum absolute atomic E-state index is 11.3. The van der Waals surface area contributed by atoms with Gasteiger partial charge < -0.3 is 19.9 Å². The first kappa shape index (κ1) is 14.1. The third kappa shape index (κ3) is 4.10. The smallest absolute Gasteiger partial charge is 0.244 e. The van der Waals surface area contributed by atoms with Gasteiger partial charge in [-0.05, 0) is 23.8 Å². The lowest BCUT2D eigenvalue weighted by molar-refractivity contribution is -0.116. The van der Waals surface area contributed by atoms with E-state index in [4.69, 9.17) is 14.6 Å². The maximum atomic E-state index is 11.3. The molecule has 1 rings (SSSR count). The lowest BCUT2D eigenvalue weighted by atomic mass is 10.2. The third-order valence-electron chi connectivity index (χ3n) is 2.25. The van der Waals surface area contributed by atoms with Gasteiger partial charge in [0.2, 0.25) is 5.91 Å². The predicted molar refractivity (Wildman–Crippen MR) is 68.7 cm³/mol. The van der Waals surface area contributed by atoms with Gasteiger partial charge in [0.25, 0.3) is 0 Å². The van der Waals surface area contributed by atoms with Gasteiger partial charge in [-0.3, -0.25) is 4.79 Å². The van der Waals surface area contributed by atoms with E-state index in [0.717, 1.165) is 5.56 Å². The fraction of sp³-hybridized carbons (Fsp3) is 0.308. The molecule has 1 aromatic carbocycles. The number of carbonyl (C=O) groups excluding carboxylic acids is 1. The summed E-state index contributed by atoms with van der Waals surface area (Å²) in [6.45, 7) is 0.172. The van der Waals surface area contributed by atoms with Crippen LogP contribution in [-0.4, -0.2) is 38.4 Å². The van der Waals surface area contributed by atoms with Crippen molar-refractivity contribution in [2.24, 2.45) is 0 Å². The van der Waals surface area contributed by atoms with E-state index in [0.29, 0.717) is 11.5 Å². The monoisotopic (exact) mass is 251 g/mol. The summed E-state index contributed by atoms with van der Waals surface area (Å²) in [4.78, 5) is 11.3. The Labute approximate surface area is 106 Å². The van der Waals surface area contributed by atoms with Crippen LogP contribution in [0.15, 0.2) is 24.3 Å². The number of ether oxygens (including phenoxy) is 2. The summed E-state index contributed by atoms with van der Waals surface area (Å²) >= 11 is 0. The SMILES string of the molecule is COc1ccc(C=CC(=O)NCCO)cc1OC. The third-order valence-corrected chi connectivity index (χ3v) is 2.25. The van der Waals surface area contributed by atoms with Crippen LogP contribution >= 0.6 is 0 Å². The van der Waals surface area contributed by atoms with Crippen molar-refractivity contribution < 1.29 is 19.4 Å². The molecule has 0 aromatic heterocycles. The van der Waals surface area contributed by atoms with Gasteiger partial charge in [0, 0.05) is 12.6 Å². The van der Waals surface area contributed by atoms with Crippen LogP contribution in [0.5, 0.6) is 11.5 Å². The highest BCUT2D eigenvalue weighted by Gasteiger charge is 2.02. The van der Waals surface area contributed by atoms with Crippen LogP contribution in [-0.2, 0) is 4.79 Å². The molecule has 0 aliphatic carbocycles. The van der Waals surface area contributed by atoms with Crippen LogP contribution in [0.1, 0.15) is 5.56 Å². The second-order valence-electron chi connectivity index (χ2n) is 3.46. The van der Waals surface area contributed by atoms with Gasteiger partial charge in [-0.2, -0.15) is 0 Å². The van der Waals surface area contributed by atoms with Crippen LogP contribution in [0.4, 0.5) is 0 Å². The van der Waals surface area contributed by atoms with E-state index in [1.54, 1.807) is 32.4 Å². The fourth-order valence-corrected chi connectivity index (χ4v) is 1.37. The topological polar surface area (TPSA) is 67.8 Å². The van der Waals surface area contributed by atoms with E-state index >= 15 is 0 Å². The number of aliphatic hydroxyl groups is 1. The molecule has 98 valence electrons. The lowest BCUT2D eigenvalue weighted by Crippen LogP contribution is -2.24. The largest absolute Gasteiger partial charge is 0.493 e. The number of amides is 1. The number of aliphatic hydroxyl groups excluding tert-OH is 1. The van der Waals surface area contributed by atoms with Crippen molar-refractivity contribution in [2.45, 2.75) is 0 Å². The van der Waals surface area contributed by atoms with Crippen LogP contribution < -0.4 is 14.8 Å². The molecule has 0 fully saturated rings. The first-order chi connectivity index (χ1) is 8.71. The summed E-state index contributed by atoms with van der Waals surface area (Å²) in [7, 11) is 3.12. The predicted octanol–water partition coefficient (Wildman–Crippen LogP) is 0.825. The molecule has 0 bridgehead atoms. The molecule has 0 heterocycles. The molecule has 0 unspecified atom stereocenters. The minimum absolute atomic E-state index is 0.0735. The van der Waals surface area contributed by atoms with Gasteiger partial charge in [-0.1, -0.05) is 6.07 Å². The van der Waals surface area contributed by atoms with Crippen molar-refractivity contribution in [3.05, 3.63) is 29.8 Å². The van der Waals surface area contributed by atoms with Crippen LogP contribution in [0.2, 0.25) is 0 Å². The van der Waals surface area contributed by atoms with E-state index < -0.39 is 0 Å². The number of methoxy groups -OCH3 is 2. The number of hydrogen-bond donors (Lipinski definition) is 2. The number of carbonyl (C=O) groups is 1. The molecule has 18 heavy (non-hydrogen) atoms. The normalized spacial score (nSPS) is 10.4. The van der Waals surface area contributed by atoms with Crippen LogP contribution in [0, 0.1) is 0 Å². The summed E-state index contributed by atoms with van der Waals surface area (Å²) in [6.07, 6.45) is 3.06. The van der Waals surface area contributed by atoms with Gasteiger partial charge in [0.15, 0.2) is 11.5 Å². The number of nitrogens with one attached hydrogen (secondary N) is 1. The number of rotatable bonds is 6. The van der Waals surface area contributed by atoms with Gasteiger partial charge in [0.05, 0.1) is 20.8 Å². The second-order valence-corrected chi connectivity index (χ2v) is 3.46. The highest BCUT2D eigenvalue weighted by Crippen LogP contribution is 2.27. The van der Waals surface area contributed by atoms with E-state index in [1.807, 2.05) is 6.07 Å². The van der Waals surface area contributed by atoms with Crippen LogP contribution in [0.3, 0.4) is 0 Å². The summed E-state index contributed by atoms with van der Waals surface area (Å²) in [5.74, 6) is 0.994. The Bertz CT molecular complexity index is 429. The zero-order valence-electron chi connectivity index (χ0n) is 10.5. The van der Waals surface area contributed by atoms with E-state index in [9.17, 15) is 4.79 Å². The zero-order valence-corrected chi connectivity index (χ0v) is 10.5. The average Bonchev–Trinajstić information content (AvgIpc) is 2.42. The molecule has 2 N–H and O–H groups in total. The molecule has 0 radical (unpaired) electrons. The van der Waals surface area contributed by atoms with E-state index in [-0.39, 0.29) is 19.1 Å². The van der Waals surface area contributed by atoms with Gasteiger partial charge in [-0.25, -0.2) is 0 Å². The van der Waals surface area contributed by atoms with Crippen molar-refractivity contribution in [3.63, 3.8) is 0 Å². The Morgan fingerprint density at radius 2 is 2.06 bits per heavy atom. The Hall–Kier alpha value is -2.01. The Morgan fingerprint density at radius 1 is 1.33 bits per heavy atom. The minimum atomic E-state index is -0.251. The summed E-state index contributed by atoms with van der Waals surface area (Å²) < 4.78 is 10.3. The molecule has 0 aliphatic rings. The summed E-state index contributed by atoms with van der Waals surface area (Å²) in [5.41, 5.74) is 0.826. The molecule has 5 nitrogen and oxygen atoms in total. The highest BCUT2D eigenvalue weighted by molar-refractivity contribution is 5.91. The Balaban J connectivity index is 2.73. The van der Waals surface area contributed by atoms with E-state index in [1.165, 1.54) is 6.08 Å². The molecule has 0 aliphatic heterocycles. The number of hydrogen-bond acceptors (Lipinski definition) is 4. The summed E-state index contributed by atoms with van der Waals surface area (Å²) in [5, 5.41) is 11.1. The fourth-order valence-electron chi connectivity index (χ4n) is 1.37. The molecule has 1 amide bonds. The molecule has 0 saturated heterocycles. The molecule has 0 spiro atoms. The molecule has 0 saturated carbocycles. The molecule has 1 aromatic rings. The summed E-state index contributed by atoms with van der Waals surface area (Å²) in [6, 6.07) is 5.36. The first-order valence-electron chi connectivity index (χ1n) is 5.50. The van der Waals surface area contributed by atoms with Crippen molar-refractivity contribution in [3.8, 4) is 11.5 Å². The van der Waals surface area contributed by atoms with Gasteiger partial charge in [0.1, 0.15) is 0 Å². The maximum Gasteiger partial charge on any atom is 0.244 e. The highest BCUT2D eigenvalue weighted by atomic mass is 16.5. The average molecular weight is 251 g/mol. The molecule has 0 atom stereocenters. The van der Waals surface area contributed by atoms with Gasteiger partial charge in [-0.15, -0.1) is 0 Å². The second kappa shape index (κ2) is 7.34. The number of benzene rings is 1. The van der Waals surface area contributed by atoms with Gasteiger partial charge >= 0.3 is 0 Å². The standard InChI is InChI=1S/C13H17NO4/c1-17-11-5-3-10(9-12(11)18-2)4-6-13(16)14-7-8-15/h3-6,9,15H,7-8H2,1-2H3,(H,14,16). The molecule has 5 heteroatoms. The quantitative estimate of drug-likeness (QED) is 0.735. The van der Waals surface area contributed by atoms with Crippen molar-refractivity contribution >= 4 is 12.0 Å². The minimum Gasteiger partial charge on any atom is -0.493 e. The lowest BCUT2D eigenvalue weighted by Gasteiger charge is -2.07. The molecular weight excluding hydrogens is 234 g/mol. The molecular formula is C13H17NO4.